The van der Waals surface area contributed by atoms with Crippen LogP contribution in [0.15, 0.2) is 47.1 Å². The van der Waals surface area contributed by atoms with Gasteiger partial charge in [-0.15, -0.1) is 0 Å². The second-order valence-electron chi connectivity index (χ2n) is 5.11. The summed E-state index contributed by atoms with van der Waals surface area (Å²) in [5.41, 5.74) is 2.55. The summed E-state index contributed by atoms with van der Waals surface area (Å²) in [5.74, 6) is 1.59. The number of rotatable bonds is 5. The van der Waals surface area contributed by atoms with Crippen LogP contribution in [0.4, 0.5) is 5.69 Å². The molecule has 1 aromatic heterocycles. The first-order valence-corrected chi connectivity index (χ1v) is 6.54. The second kappa shape index (κ2) is 5.76. The Morgan fingerprint density at radius 2 is 1.94 bits per heavy atom. The van der Waals surface area contributed by atoms with Crippen molar-refractivity contribution in [1.82, 2.24) is 0 Å². The molecule has 0 spiro atoms. The smallest absolute Gasteiger partial charge is 0.105 e. The summed E-state index contributed by atoms with van der Waals surface area (Å²) < 4.78 is 5.36. The number of furan rings is 1. The molecule has 0 saturated carbocycles. The van der Waals surface area contributed by atoms with Gasteiger partial charge in [0.25, 0.3) is 0 Å². The van der Waals surface area contributed by atoms with Gasteiger partial charge in [-0.05, 0) is 42.7 Å². The van der Waals surface area contributed by atoms with Crippen molar-refractivity contribution >= 4 is 5.69 Å². The molecule has 0 fully saturated rings. The topological polar surface area (TPSA) is 25.2 Å². The highest BCUT2D eigenvalue weighted by atomic mass is 16.3. The Balaban J connectivity index is 1.98. The van der Waals surface area contributed by atoms with E-state index in [1.807, 2.05) is 12.1 Å². The van der Waals surface area contributed by atoms with Gasteiger partial charge in [0.15, 0.2) is 0 Å². The summed E-state index contributed by atoms with van der Waals surface area (Å²) in [6.07, 6.45) is 2.63. The quantitative estimate of drug-likeness (QED) is 0.839. The Morgan fingerprint density at radius 1 is 1.11 bits per heavy atom. The van der Waals surface area contributed by atoms with E-state index < -0.39 is 0 Å². The molecule has 2 rings (SSSR count). The number of hydrogen-bond acceptors (Lipinski definition) is 2. The summed E-state index contributed by atoms with van der Waals surface area (Å²) in [4.78, 5) is 0. The Kier molecular flexibility index (Phi) is 4.08. The molecule has 0 aliphatic heterocycles. The maximum absolute atomic E-state index is 5.36. The highest BCUT2D eigenvalue weighted by Crippen LogP contribution is 2.19. The van der Waals surface area contributed by atoms with Crippen LogP contribution in [0.2, 0.25) is 0 Å². The van der Waals surface area contributed by atoms with Crippen molar-refractivity contribution in [3.05, 3.63) is 54.0 Å². The van der Waals surface area contributed by atoms with Crippen LogP contribution in [-0.2, 0) is 6.42 Å². The van der Waals surface area contributed by atoms with Crippen molar-refractivity contribution in [1.29, 1.82) is 0 Å². The summed E-state index contributed by atoms with van der Waals surface area (Å²) in [6.45, 7) is 6.60. The summed E-state index contributed by atoms with van der Waals surface area (Å²) in [6, 6.07) is 12.9. The summed E-state index contributed by atoms with van der Waals surface area (Å²) in [7, 11) is 0. The second-order valence-corrected chi connectivity index (χ2v) is 5.11. The van der Waals surface area contributed by atoms with Crippen LogP contribution >= 0.6 is 0 Å². The molecule has 1 N–H and O–H groups in total. The lowest BCUT2D eigenvalue weighted by Gasteiger charge is -2.15. The first-order valence-electron chi connectivity index (χ1n) is 6.54. The molecule has 2 aromatic rings. The highest BCUT2D eigenvalue weighted by Gasteiger charge is 2.06. The number of benzene rings is 1. The maximum Gasteiger partial charge on any atom is 0.105 e. The van der Waals surface area contributed by atoms with Gasteiger partial charge >= 0.3 is 0 Å². The van der Waals surface area contributed by atoms with Crippen LogP contribution < -0.4 is 5.32 Å². The third-order valence-electron chi connectivity index (χ3n) is 3.05. The van der Waals surface area contributed by atoms with E-state index in [1.54, 1.807) is 6.26 Å². The van der Waals surface area contributed by atoms with E-state index in [-0.39, 0.29) is 0 Å². The van der Waals surface area contributed by atoms with Gasteiger partial charge in [-0.1, -0.05) is 26.0 Å². The van der Waals surface area contributed by atoms with E-state index in [0.29, 0.717) is 12.0 Å². The standard InChI is InChI=1S/C16H21NO/c1-12(2)14-6-4-7-15(11-14)17-13(3)10-16-8-5-9-18-16/h4-9,11-13,17H,10H2,1-3H3. The van der Waals surface area contributed by atoms with Crippen LogP contribution in [-0.4, -0.2) is 6.04 Å². The Hall–Kier alpha value is -1.70. The zero-order valence-corrected chi connectivity index (χ0v) is 11.3. The fourth-order valence-electron chi connectivity index (χ4n) is 2.05. The molecular weight excluding hydrogens is 222 g/mol. The number of hydrogen-bond donors (Lipinski definition) is 1. The van der Waals surface area contributed by atoms with Crippen LogP contribution in [0.5, 0.6) is 0 Å². The van der Waals surface area contributed by atoms with E-state index in [1.165, 1.54) is 11.3 Å². The third kappa shape index (κ3) is 3.39. The van der Waals surface area contributed by atoms with Gasteiger partial charge < -0.3 is 9.73 Å². The Labute approximate surface area is 109 Å². The molecule has 0 bridgehead atoms. The lowest BCUT2D eigenvalue weighted by Crippen LogP contribution is -2.17. The normalized spacial score (nSPS) is 12.7. The number of nitrogens with one attached hydrogen (secondary N) is 1. The van der Waals surface area contributed by atoms with Crippen LogP contribution in [0, 0.1) is 0 Å². The van der Waals surface area contributed by atoms with E-state index in [0.717, 1.165) is 12.2 Å². The lowest BCUT2D eigenvalue weighted by atomic mass is 10.0. The Morgan fingerprint density at radius 3 is 2.61 bits per heavy atom. The van der Waals surface area contributed by atoms with Gasteiger partial charge in [-0.3, -0.25) is 0 Å². The third-order valence-corrected chi connectivity index (χ3v) is 3.05. The molecule has 2 nitrogen and oxygen atoms in total. The minimum absolute atomic E-state index is 0.360. The fourth-order valence-corrected chi connectivity index (χ4v) is 2.05. The van der Waals surface area contributed by atoms with E-state index in [2.05, 4.69) is 50.4 Å². The molecule has 0 aliphatic rings. The molecule has 1 heterocycles. The van der Waals surface area contributed by atoms with Crippen LogP contribution in [0.1, 0.15) is 38.0 Å². The van der Waals surface area contributed by atoms with Crippen molar-refractivity contribution in [2.24, 2.45) is 0 Å². The monoisotopic (exact) mass is 243 g/mol. The fraction of sp³-hybridized carbons (Fsp3) is 0.375. The molecule has 1 unspecified atom stereocenters. The molecular formula is C16H21NO. The lowest BCUT2D eigenvalue weighted by molar-refractivity contribution is 0.498. The molecule has 0 saturated heterocycles. The van der Waals surface area contributed by atoms with Crippen molar-refractivity contribution in [2.75, 3.05) is 5.32 Å². The van der Waals surface area contributed by atoms with Crippen molar-refractivity contribution in [3.8, 4) is 0 Å². The minimum Gasteiger partial charge on any atom is -0.469 e. The molecule has 0 aliphatic carbocycles. The van der Waals surface area contributed by atoms with Gasteiger partial charge in [0.1, 0.15) is 5.76 Å². The zero-order chi connectivity index (χ0) is 13.0. The SMILES string of the molecule is CC(Cc1ccco1)Nc1cccc(C(C)C)c1. The van der Waals surface area contributed by atoms with Crippen LogP contribution in [0.25, 0.3) is 0 Å². The van der Waals surface area contributed by atoms with Crippen molar-refractivity contribution in [3.63, 3.8) is 0 Å². The highest BCUT2D eigenvalue weighted by molar-refractivity contribution is 5.47. The molecule has 0 radical (unpaired) electrons. The molecule has 1 atom stereocenters. The molecule has 1 aromatic carbocycles. The average molecular weight is 243 g/mol. The molecule has 18 heavy (non-hydrogen) atoms. The molecule has 0 amide bonds. The summed E-state index contributed by atoms with van der Waals surface area (Å²) >= 11 is 0. The van der Waals surface area contributed by atoms with Crippen LogP contribution in [0.3, 0.4) is 0 Å². The predicted octanol–water partition coefficient (Wildman–Crippen LogP) is 4.45. The maximum atomic E-state index is 5.36. The van der Waals surface area contributed by atoms with Gasteiger partial charge in [0.2, 0.25) is 0 Å². The van der Waals surface area contributed by atoms with E-state index in [9.17, 15) is 0 Å². The van der Waals surface area contributed by atoms with Gasteiger partial charge in [-0.2, -0.15) is 0 Å². The first kappa shape index (κ1) is 12.7. The Bertz CT molecular complexity index is 474. The van der Waals surface area contributed by atoms with Gasteiger partial charge in [-0.25, -0.2) is 0 Å². The largest absolute Gasteiger partial charge is 0.469 e. The predicted molar refractivity (Wildman–Crippen MR) is 76.0 cm³/mol. The van der Waals surface area contributed by atoms with E-state index >= 15 is 0 Å². The minimum atomic E-state index is 0.360. The van der Waals surface area contributed by atoms with E-state index in [4.69, 9.17) is 4.42 Å². The molecule has 96 valence electrons. The zero-order valence-electron chi connectivity index (χ0n) is 11.3. The summed E-state index contributed by atoms with van der Waals surface area (Å²) in [5, 5.41) is 3.52. The molecule has 2 heteroatoms. The number of anilines is 1. The average Bonchev–Trinajstić information content (AvgIpc) is 2.82. The van der Waals surface area contributed by atoms with Gasteiger partial charge in [0, 0.05) is 18.2 Å². The van der Waals surface area contributed by atoms with Crippen molar-refractivity contribution < 1.29 is 4.42 Å². The van der Waals surface area contributed by atoms with Gasteiger partial charge in [0.05, 0.1) is 6.26 Å². The van der Waals surface area contributed by atoms with Crippen molar-refractivity contribution in [2.45, 2.75) is 39.2 Å². The first-order chi connectivity index (χ1) is 8.65.